The third-order valence-corrected chi connectivity index (χ3v) is 3.03. The van der Waals surface area contributed by atoms with E-state index < -0.39 is 5.92 Å². The van der Waals surface area contributed by atoms with Crippen molar-refractivity contribution in [3.63, 3.8) is 0 Å². The largest absolute Gasteiger partial charge is 0.496 e. The zero-order valence-electron chi connectivity index (χ0n) is 11.6. The van der Waals surface area contributed by atoms with Crippen molar-refractivity contribution in [2.24, 2.45) is 0 Å². The Bertz CT molecular complexity index is 636. The molecule has 0 aliphatic carbocycles. The second kappa shape index (κ2) is 6.02. The maximum atomic E-state index is 9.46. The minimum atomic E-state index is -0.597. The Balaban J connectivity index is 2.57. The highest BCUT2D eigenvalue weighted by Crippen LogP contribution is 2.35. The summed E-state index contributed by atoms with van der Waals surface area (Å²) in [7, 11) is 3.17. The fourth-order valence-corrected chi connectivity index (χ4v) is 2.03. The summed E-state index contributed by atoms with van der Waals surface area (Å²) in [6.07, 6.45) is 3.23. The first-order chi connectivity index (χ1) is 9.71. The molecule has 1 atom stereocenters. The molecule has 0 radical (unpaired) electrons. The molecule has 0 saturated heterocycles. The Labute approximate surface area is 117 Å². The molecule has 0 N–H and O–H groups in total. The topological polar surface area (TPSA) is 68.0 Å². The van der Waals surface area contributed by atoms with Crippen molar-refractivity contribution < 1.29 is 9.47 Å². The van der Waals surface area contributed by atoms with Crippen LogP contribution < -0.4 is 9.47 Å². The predicted octanol–water partition coefficient (Wildman–Crippen LogP) is 2.46. The molecule has 2 aromatic rings. The highest BCUT2D eigenvalue weighted by atomic mass is 16.5. The molecule has 102 valence electrons. The van der Waals surface area contributed by atoms with Gasteiger partial charge in [-0.15, -0.1) is 0 Å². The molecule has 0 bridgehead atoms. The number of nitriles is 1. The van der Waals surface area contributed by atoms with Gasteiger partial charge in [-0.3, -0.25) is 0 Å². The third kappa shape index (κ3) is 2.54. The van der Waals surface area contributed by atoms with Gasteiger partial charge < -0.3 is 9.47 Å². The average molecular weight is 269 g/mol. The molecule has 0 aliphatic rings. The number of aryl methyl sites for hydroxylation is 1. The SMILES string of the molecule is COc1cc(C(C#N)c2ncccn2)c(OC)cc1C. The molecule has 0 aliphatic heterocycles. The monoisotopic (exact) mass is 269 g/mol. The van der Waals surface area contributed by atoms with E-state index in [4.69, 9.17) is 9.47 Å². The summed E-state index contributed by atoms with van der Waals surface area (Å²) in [6.45, 7) is 1.92. The van der Waals surface area contributed by atoms with Crippen molar-refractivity contribution in [2.45, 2.75) is 12.8 Å². The minimum Gasteiger partial charge on any atom is -0.496 e. The van der Waals surface area contributed by atoms with Gasteiger partial charge in [0.25, 0.3) is 0 Å². The van der Waals surface area contributed by atoms with Crippen LogP contribution in [0.2, 0.25) is 0 Å². The van der Waals surface area contributed by atoms with Gasteiger partial charge in [-0.25, -0.2) is 9.97 Å². The summed E-state index contributed by atoms with van der Waals surface area (Å²) in [5.74, 6) is 1.18. The average Bonchev–Trinajstić information content (AvgIpc) is 2.50. The number of ether oxygens (including phenoxy) is 2. The van der Waals surface area contributed by atoms with Gasteiger partial charge in [0, 0.05) is 18.0 Å². The Kier molecular flexibility index (Phi) is 4.16. The zero-order valence-corrected chi connectivity index (χ0v) is 11.6. The molecular formula is C15H15N3O2. The van der Waals surface area contributed by atoms with E-state index in [0.717, 1.165) is 5.56 Å². The summed E-state index contributed by atoms with van der Waals surface area (Å²) < 4.78 is 10.7. The Morgan fingerprint density at radius 2 is 1.75 bits per heavy atom. The summed E-state index contributed by atoms with van der Waals surface area (Å²) in [5.41, 5.74) is 1.64. The lowest BCUT2D eigenvalue weighted by Crippen LogP contribution is -2.06. The number of hydrogen-bond acceptors (Lipinski definition) is 5. The predicted molar refractivity (Wildman–Crippen MR) is 73.8 cm³/mol. The van der Waals surface area contributed by atoms with Crippen LogP contribution >= 0.6 is 0 Å². The van der Waals surface area contributed by atoms with E-state index in [1.165, 1.54) is 0 Å². The lowest BCUT2D eigenvalue weighted by molar-refractivity contribution is 0.396. The van der Waals surface area contributed by atoms with Gasteiger partial charge in [-0.05, 0) is 30.7 Å². The van der Waals surface area contributed by atoms with Crippen molar-refractivity contribution in [1.29, 1.82) is 5.26 Å². The molecule has 1 aromatic heterocycles. The van der Waals surface area contributed by atoms with Crippen molar-refractivity contribution in [3.05, 3.63) is 47.5 Å². The van der Waals surface area contributed by atoms with E-state index in [-0.39, 0.29) is 0 Å². The van der Waals surface area contributed by atoms with Crippen LogP contribution in [-0.2, 0) is 0 Å². The molecule has 1 aromatic carbocycles. The maximum absolute atomic E-state index is 9.46. The quantitative estimate of drug-likeness (QED) is 0.852. The first-order valence-electron chi connectivity index (χ1n) is 6.10. The lowest BCUT2D eigenvalue weighted by Gasteiger charge is -2.15. The number of benzene rings is 1. The molecule has 5 nitrogen and oxygen atoms in total. The molecule has 2 rings (SSSR count). The Morgan fingerprint density at radius 1 is 1.10 bits per heavy atom. The van der Waals surface area contributed by atoms with E-state index in [0.29, 0.717) is 22.9 Å². The van der Waals surface area contributed by atoms with Crippen molar-refractivity contribution in [3.8, 4) is 17.6 Å². The molecule has 20 heavy (non-hydrogen) atoms. The van der Waals surface area contributed by atoms with Gasteiger partial charge in [-0.2, -0.15) is 5.26 Å². The molecule has 0 amide bonds. The molecule has 1 unspecified atom stereocenters. The maximum Gasteiger partial charge on any atom is 0.149 e. The van der Waals surface area contributed by atoms with E-state index in [1.54, 1.807) is 38.7 Å². The normalized spacial score (nSPS) is 11.5. The molecule has 1 heterocycles. The second-order valence-corrected chi connectivity index (χ2v) is 4.23. The Hall–Kier alpha value is -2.61. The summed E-state index contributed by atoms with van der Waals surface area (Å²) in [6, 6.07) is 7.59. The van der Waals surface area contributed by atoms with Crippen LogP contribution in [0, 0.1) is 18.3 Å². The van der Waals surface area contributed by atoms with Gasteiger partial charge in [0.05, 0.1) is 20.3 Å². The van der Waals surface area contributed by atoms with Gasteiger partial charge in [0.1, 0.15) is 23.2 Å². The van der Waals surface area contributed by atoms with Crippen LogP contribution in [0.5, 0.6) is 11.5 Å². The number of hydrogen-bond donors (Lipinski definition) is 0. The number of rotatable bonds is 4. The van der Waals surface area contributed by atoms with Crippen molar-refractivity contribution in [1.82, 2.24) is 9.97 Å². The zero-order chi connectivity index (χ0) is 14.5. The van der Waals surface area contributed by atoms with Crippen LogP contribution in [0.25, 0.3) is 0 Å². The van der Waals surface area contributed by atoms with E-state index >= 15 is 0 Å². The number of methoxy groups -OCH3 is 2. The standard InChI is InChI=1S/C15H15N3O2/c1-10-7-14(20-3)11(8-13(10)19-2)12(9-16)15-17-5-4-6-18-15/h4-8,12H,1-3H3. The number of aromatic nitrogens is 2. The second-order valence-electron chi connectivity index (χ2n) is 4.23. The summed E-state index contributed by atoms with van der Waals surface area (Å²) in [5, 5.41) is 9.46. The van der Waals surface area contributed by atoms with Crippen LogP contribution in [0.15, 0.2) is 30.6 Å². The van der Waals surface area contributed by atoms with Crippen LogP contribution in [0.1, 0.15) is 22.9 Å². The molecule has 5 heteroatoms. The van der Waals surface area contributed by atoms with Crippen LogP contribution in [0.4, 0.5) is 0 Å². The molecule has 0 saturated carbocycles. The smallest absolute Gasteiger partial charge is 0.149 e. The molecule has 0 fully saturated rings. The summed E-state index contributed by atoms with van der Waals surface area (Å²) >= 11 is 0. The highest BCUT2D eigenvalue weighted by Gasteiger charge is 2.22. The van der Waals surface area contributed by atoms with Crippen LogP contribution in [-0.4, -0.2) is 24.2 Å². The van der Waals surface area contributed by atoms with Crippen LogP contribution in [0.3, 0.4) is 0 Å². The number of nitrogens with zero attached hydrogens (tertiary/aromatic N) is 3. The van der Waals surface area contributed by atoms with E-state index in [1.807, 2.05) is 13.0 Å². The molecular weight excluding hydrogens is 254 g/mol. The van der Waals surface area contributed by atoms with Gasteiger partial charge in [-0.1, -0.05) is 0 Å². The summed E-state index contributed by atoms with van der Waals surface area (Å²) in [4.78, 5) is 8.30. The first-order valence-corrected chi connectivity index (χ1v) is 6.10. The van der Waals surface area contributed by atoms with Crippen molar-refractivity contribution >= 4 is 0 Å². The Morgan fingerprint density at radius 3 is 2.30 bits per heavy atom. The van der Waals surface area contributed by atoms with Gasteiger partial charge in [0.15, 0.2) is 0 Å². The fraction of sp³-hybridized carbons (Fsp3) is 0.267. The highest BCUT2D eigenvalue weighted by molar-refractivity contribution is 5.50. The third-order valence-electron chi connectivity index (χ3n) is 3.03. The van der Waals surface area contributed by atoms with Gasteiger partial charge >= 0.3 is 0 Å². The first kappa shape index (κ1) is 13.8. The van der Waals surface area contributed by atoms with Crippen molar-refractivity contribution in [2.75, 3.05) is 14.2 Å². The molecule has 0 spiro atoms. The fourth-order valence-electron chi connectivity index (χ4n) is 2.03. The van der Waals surface area contributed by atoms with E-state index in [2.05, 4.69) is 16.0 Å². The van der Waals surface area contributed by atoms with E-state index in [9.17, 15) is 5.26 Å². The minimum absolute atomic E-state index is 0.444. The lowest BCUT2D eigenvalue weighted by atomic mass is 9.96. The van der Waals surface area contributed by atoms with Gasteiger partial charge in [0.2, 0.25) is 0 Å².